The van der Waals surface area contributed by atoms with Gasteiger partial charge in [0.2, 0.25) is 6.41 Å². The minimum atomic E-state index is -1.07. The second kappa shape index (κ2) is 9.36. The largest absolute Gasteiger partial charge is 0.384 e. The Morgan fingerprint density at radius 3 is 2.70 bits per heavy atom. The fraction of sp³-hybridized carbons (Fsp3) is 0.520. The van der Waals surface area contributed by atoms with Gasteiger partial charge in [0.05, 0.1) is 47.8 Å². The number of aliphatic hydroxyl groups is 1. The van der Waals surface area contributed by atoms with Gasteiger partial charge < -0.3 is 14.9 Å². The molecule has 0 spiro atoms. The summed E-state index contributed by atoms with van der Waals surface area (Å²) in [6, 6.07) is 8.15. The number of aromatic nitrogens is 2. The summed E-state index contributed by atoms with van der Waals surface area (Å²) in [5.41, 5.74) is 2.40. The molecule has 2 atom stereocenters. The lowest BCUT2D eigenvalue weighted by atomic mass is 9.81. The highest BCUT2D eigenvalue weighted by atomic mass is 16.3. The van der Waals surface area contributed by atoms with E-state index in [-0.39, 0.29) is 0 Å². The maximum Gasteiger partial charge on any atom is 0.215 e. The molecule has 2 unspecified atom stereocenters. The molecule has 8 nitrogen and oxygen atoms in total. The molecule has 1 saturated carbocycles. The van der Waals surface area contributed by atoms with E-state index < -0.39 is 5.60 Å². The molecule has 1 aromatic heterocycles. The zero-order valence-electron chi connectivity index (χ0n) is 19.6. The number of amides is 1. The van der Waals surface area contributed by atoms with Crippen LogP contribution >= 0.6 is 0 Å². The van der Waals surface area contributed by atoms with Gasteiger partial charge in [-0.2, -0.15) is 5.26 Å². The number of rotatable bonds is 7. The van der Waals surface area contributed by atoms with Crippen molar-refractivity contribution in [3.63, 3.8) is 0 Å². The number of nitrogens with zero attached hydrogens (tertiary/aromatic N) is 6. The lowest BCUT2D eigenvalue weighted by molar-refractivity contribution is -0.107. The predicted octanol–water partition coefficient (Wildman–Crippen LogP) is 3.26. The Kier molecular flexibility index (Phi) is 6.52. The first-order valence-electron chi connectivity index (χ1n) is 11.6. The molecule has 174 valence electrons. The molecule has 1 fully saturated rings. The minimum Gasteiger partial charge on any atom is -0.384 e. The maximum absolute atomic E-state index is 11.8. The van der Waals surface area contributed by atoms with Crippen molar-refractivity contribution in [1.29, 1.82) is 5.26 Å². The molecule has 4 rings (SSSR count). The van der Waals surface area contributed by atoms with Crippen molar-refractivity contribution in [2.75, 3.05) is 41.5 Å². The molecule has 1 aliphatic heterocycles. The third-order valence-corrected chi connectivity index (χ3v) is 6.75. The number of benzene rings is 1. The van der Waals surface area contributed by atoms with Gasteiger partial charge in [0.1, 0.15) is 5.60 Å². The number of nitriles is 1. The molecule has 0 bridgehead atoms. The average Bonchev–Trinajstić information content (AvgIpc) is 3.11. The van der Waals surface area contributed by atoms with E-state index in [9.17, 15) is 15.2 Å². The van der Waals surface area contributed by atoms with Gasteiger partial charge in [-0.25, -0.2) is 4.98 Å². The summed E-state index contributed by atoms with van der Waals surface area (Å²) in [6.45, 7) is 5.71. The molecule has 0 radical (unpaired) electrons. The van der Waals surface area contributed by atoms with Gasteiger partial charge in [0.15, 0.2) is 5.82 Å². The highest BCUT2D eigenvalue weighted by molar-refractivity contribution is 5.77. The SMILES string of the molecule is CN1CN(CC2CCCC(CN(C=O)c3cnc(C(C)(C)O)cn3)C2)c2cc(C#N)ccc21. The fourth-order valence-electron chi connectivity index (χ4n) is 5.03. The molecule has 33 heavy (non-hydrogen) atoms. The Morgan fingerprint density at radius 1 is 1.24 bits per heavy atom. The fourth-order valence-corrected chi connectivity index (χ4v) is 5.03. The standard InChI is InChI=1S/C25H32N6O2/c1-25(2,33)23-12-28-24(13-27-23)31(17-32)15-20-6-4-5-19(9-20)14-30-16-29(3)21-8-7-18(11-26)10-22(21)30/h7-8,10,12-13,17,19-20,33H,4-6,9,14-16H2,1-3H3. The molecule has 1 N–H and O–H groups in total. The third kappa shape index (κ3) is 5.09. The van der Waals surface area contributed by atoms with Crippen LogP contribution in [-0.2, 0) is 10.4 Å². The molecule has 2 aliphatic rings. The second-order valence-corrected chi connectivity index (χ2v) is 9.85. The van der Waals surface area contributed by atoms with Crippen molar-refractivity contribution in [1.82, 2.24) is 9.97 Å². The van der Waals surface area contributed by atoms with Crippen molar-refractivity contribution >= 4 is 23.6 Å². The Labute approximate surface area is 195 Å². The summed E-state index contributed by atoms with van der Waals surface area (Å²) in [5, 5.41) is 19.4. The number of fused-ring (bicyclic) bond motifs is 1. The first-order chi connectivity index (χ1) is 15.8. The summed E-state index contributed by atoms with van der Waals surface area (Å²) in [5.74, 6) is 1.44. The lowest BCUT2D eigenvalue weighted by Crippen LogP contribution is -2.37. The molecule has 1 aliphatic carbocycles. The lowest BCUT2D eigenvalue weighted by Gasteiger charge is -2.34. The predicted molar refractivity (Wildman–Crippen MR) is 128 cm³/mol. The van der Waals surface area contributed by atoms with Crippen LogP contribution in [-0.4, -0.2) is 48.3 Å². The molecule has 2 aromatic rings. The van der Waals surface area contributed by atoms with E-state index in [1.54, 1.807) is 24.9 Å². The van der Waals surface area contributed by atoms with E-state index >= 15 is 0 Å². The second-order valence-electron chi connectivity index (χ2n) is 9.85. The van der Waals surface area contributed by atoms with E-state index in [4.69, 9.17) is 0 Å². The van der Waals surface area contributed by atoms with Crippen LogP contribution in [0.1, 0.15) is 50.8 Å². The van der Waals surface area contributed by atoms with Crippen molar-refractivity contribution in [3.8, 4) is 6.07 Å². The van der Waals surface area contributed by atoms with Crippen molar-refractivity contribution in [3.05, 3.63) is 41.9 Å². The molecule has 8 heteroatoms. The van der Waals surface area contributed by atoms with E-state index in [2.05, 4.69) is 32.9 Å². The van der Waals surface area contributed by atoms with Crippen LogP contribution in [0.15, 0.2) is 30.6 Å². The molecule has 1 amide bonds. The number of hydrogen-bond donors (Lipinski definition) is 1. The number of carbonyl (C=O) groups excluding carboxylic acids is 1. The van der Waals surface area contributed by atoms with Gasteiger partial charge in [-0.3, -0.25) is 14.7 Å². The van der Waals surface area contributed by atoms with Crippen LogP contribution in [0.5, 0.6) is 0 Å². The maximum atomic E-state index is 11.8. The van der Waals surface area contributed by atoms with Crippen LogP contribution in [0.2, 0.25) is 0 Å². The highest BCUT2D eigenvalue weighted by Gasteiger charge is 2.30. The monoisotopic (exact) mass is 448 g/mol. The number of carbonyl (C=O) groups is 1. The minimum absolute atomic E-state index is 0.398. The molecule has 0 saturated heterocycles. The van der Waals surface area contributed by atoms with Crippen LogP contribution in [0.4, 0.5) is 17.2 Å². The summed E-state index contributed by atoms with van der Waals surface area (Å²) < 4.78 is 0. The Hall–Kier alpha value is -3.18. The zero-order chi connectivity index (χ0) is 23.6. The topological polar surface area (TPSA) is 96.6 Å². The third-order valence-electron chi connectivity index (χ3n) is 6.75. The van der Waals surface area contributed by atoms with E-state index in [1.165, 1.54) is 18.3 Å². The zero-order valence-corrected chi connectivity index (χ0v) is 19.6. The summed E-state index contributed by atoms with van der Waals surface area (Å²) >= 11 is 0. The van der Waals surface area contributed by atoms with Crippen LogP contribution in [0, 0.1) is 23.2 Å². The van der Waals surface area contributed by atoms with Gasteiger partial charge in [-0.15, -0.1) is 0 Å². The normalized spacial score (nSPS) is 20.3. The first-order valence-corrected chi connectivity index (χ1v) is 11.6. The van der Waals surface area contributed by atoms with Crippen LogP contribution < -0.4 is 14.7 Å². The molecular weight excluding hydrogens is 416 g/mol. The summed E-state index contributed by atoms with van der Waals surface area (Å²) in [4.78, 5) is 26.7. The van der Waals surface area contributed by atoms with E-state index in [0.29, 0.717) is 35.5 Å². The smallest absolute Gasteiger partial charge is 0.215 e. The van der Waals surface area contributed by atoms with E-state index in [0.717, 1.165) is 44.6 Å². The van der Waals surface area contributed by atoms with Gasteiger partial charge in [-0.1, -0.05) is 6.42 Å². The highest BCUT2D eigenvalue weighted by Crippen LogP contribution is 2.38. The Balaban J connectivity index is 1.40. The first kappa shape index (κ1) is 23.0. The van der Waals surface area contributed by atoms with Crippen LogP contribution in [0.25, 0.3) is 0 Å². The number of hydrogen-bond acceptors (Lipinski definition) is 7. The molecular formula is C25H32N6O2. The van der Waals surface area contributed by atoms with Gasteiger partial charge >= 0.3 is 0 Å². The van der Waals surface area contributed by atoms with Gasteiger partial charge in [0.25, 0.3) is 0 Å². The summed E-state index contributed by atoms with van der Waals surface area (Å²) in [7, 11) is 2.08. The Morgan fingerprint density at radius 2 is 2.03 bits per heavy atom. The molecule has 1 aromatic carbocycles. The van der Waals surface area contributed by atoms with Crippen LogP contribution in [0.3, 0.4) is 0 Å². The van der Waals surface area contributed by atoms with Gasteiger partial charge in [-0.05, 0) is 63.1 Å². The average molecular weight is 449 g/mol. The van der Waals surface area contributed by atoms with E-state index in [1.807, 2.05) is 18.2 Å². The summed E-state index contributed by atoms with van der Waals surface area (Å²) in [6.07, 6.45) is 8.37. The van der Waals surface area contributed by atoms with Crippen molar-refractivity contribution < 1.29 is 9.90 Å². The van der Waals surface area contributed by atoms with Gasteiger partial charge in [0, 0.05) is 20.1 Å². The van der Waals surface area contributed by atoms with Crippen molar-refractivity contribution in [2.45, 2.75) is 45.1 Å². The number of anilines is 3. The Bertz CT molecular complexity index is 1030. The quantitative estimate of drug-likeness (QED) is 0.650. The van der Waals surface area contributed by atoms with Crippen molar-refractivity contribution in [2.24, 2.45) is 11.8 Å². The molecule has 2 heterocycles.